The molecule has 0 aliphatic heterocycles. The fourth-order valence-electron chi connectivity index (χ4n) is 1.24. The minimum absolute atomic E-state index is 0.190. The highest BCUT2D eigenvalue weighted by molar-refractivity contribution is 9.10. The van der Waals surface area contributed by atoms with E-state index in [2.05, 4.69) is 45.1 Å². The lowest BCUT2D eigenvalue weighted by atomic mass is 10.1. The van der Waals surface area contributed by atoms with E-state index >= 15 is 0 Å². The van der Waals surface area contributed by atoms with Crippen LogP contribution in [-0.4, -0.2) is 29.7 Å². The molecule has 0 saturated carbocycles. The Morgan fingerprint density at radius 2 is 2.25 bits per heavy atom. The number of methoxy groups -OCH3 is 1. The van der Waals surface area contributed by atoms with Crippen LogP contribution in [0, 0.1) is 5.92 Å². The summed E-state index contributed by atoms with van der Waals surface area (Å²) in [7, 11) is 1.68. The highest BCUT2D eigenvalue weighted by Crippen LogP contribution is 2.21. The number of rotatable bonds is 5. The Labute approximate surface area is 104 Å². The van der Waals surface area contributed by atoms with Gasteiger partial charge in [-0.3, -0.25) is 0 Å². The number of nitrogens with one attached hydrogen (secondary N) is 1. The minimum Gasteiger partial charge on any atom is -0.383 e. The largest absolute Gasteiger partial charge is 0.383 e. The summed E-state index contributed by atoms with van der Waals surface area (Å²) in [5.41, 5.74) is 5.54. The Kier molecular flexibility index (Phi) is 4.95. The fraction of sp³-hybridized carbons (Fsp3) is 0.600. The summed E-state index contributed by atoms with van der Waals surface area (Å²) in [4.78, 5) is 8.02. The van der Waals surface area contributed by atoms with Crippen LogP contribution in [0.2, 0.25) is 0 Å². The third-order valence-electron chi connectivity index (χ3n) is 2.24. The van der Waals surface area contributed by atoms with E-state index in [1.807, 2.05) is 0 Å². The molecule has 0 aliphatic rings. The lowest BCUT2D eigenvalue weighted by Gasteiger charge is -2.22. The molecule has 90 valence electrons. The number of hydrogen-bond acceptors (Lipinski definition) is 5. The van der Waals surface area contributed by atoms with Crippen LogP contribution in [0.15, 0.2) is 10.7 Å². The standard InChI is InChI=1S/C10H17BrN4O/c1-6(2)8(5-16-3)14-9-7(11)4-13-10(12)15-9/h4,6,8H,5H2,1-3H3,(H3,12,13,14,15). The summed E-state index contributed by atoms with van der Waals surface area (Å²) in [6.07, 6.45) is 1.63. The first-order valence-corrected chi connectivity index (χ1v) is 5.87. The molecule has 0 bridgehead atoms. The monoisotopic (exact) mass is 288 g/mol. The van der Waals surface area contributed by atoms with Crippen LogP contribution in [0.5, 0.6) is 0 Å². The van der Waals surface area contributed by atoms with Crippen molar-refractivity contribution in [3.63, 3.8) is 0 Å². The lowest BCUT2D eigenvalue weighted by Crippen LogP contribution is -2.31. The van der Waals surface area contributed by atoms with Gasteiger partial charge in [0.15, 0.2) is 0 Å². The zero-order valence-electron chi connectivity index (χ0n) is 9.70. The van der Waals surface area contributed by atoms with E-state index in [1.54, 1.807) is 13.3 Å². The predicted molar refractivity (Wildman–Crippen MR) is 68.3 cm³/mol. The first kappa shape index (κ1) is 13.2. The van der Waals surface area contributed by atoms with Gasteiger partial charge in [0.1, 0.15) is 5.82 Å². The summed E-state index contributed by atoms with van der Waals surface area (Å²) >= 11 is 3.38. The van der Waals surface area contributed by atoms with Gasteiger partial charge in [0.2, 0.25) is 5.95 Å². The maximum absolute atomic E-state index is 5.54. The molecule has 0 amide bonds. The minimum atomic E-state index is 0.190. The maximum Gasteiger partial charge on any atom is 0.221 e. The van der Waals surface area contributed by atoms with Gasteiger partial charge in [0, 0.05) is 13.3 Å². The third-order valence-corrected chi connectivity index (χ3v) is 2.82. The Balaban J connectivity index is 2.80. The van der Waals surface area contributed by atoms with E-state index in [4.69, 9.17) is 10.5 Å². The molecule has 16 heavy (non-hydrogen) atoms. The Morgan fingerprint density at radius 3 is 2.81 bits per heavy atom. The smallest absolute Gasteiger partial charge is 0.221 e. The molecule has 3 N–H and O–H groups in total. The molecule has 5 nitrogen and oxygen atoms in total. The molecule has 0 saturated heterocycles. The maximum atomic E-state index is 5.54. The number of nitrogen functional groups attached to an aromatic ring is 1. The molecule has 0 spiro atoms. The highest BCUT2D eigenvalue weighted by Gasteiger charge is 2.15. The molecule has 1 aromatic rings. The number of nitrogens with zero attached hydrogens (tertiary/aromatic N) is 2. The van der Waals surface area contributed by atoms with Crippen LogP contribution in [0.4, 0.5) is 11.8 Å². The summed E-state index contributed by atoms with van der Waals surface area (Å²) in [6.45, 7) is 4.86. The number of anilines is 2. The predicted octanol–water partition coefficient (Wildman–Crippen LogP) is 1.90. The normalized spacial score (nSPS) is 12.8. The Hall–Kier alpha value is -0.880. The average Bonchev–Trinajstić information content (AvgIpc) is 2.22. The number of hydrogen-bond donors (Lipinski definition) is 2. The molecule has 1 atom stereocenters. The molecule has 1 rings (SSSR count). The van der Waals surface area contributed by atoms with Crippen molar-refractivity contribution < 1.29 is 4.74 Å². The van der Waals surface area contributed by atoms with Crippen molar-refractivity contribution in [2.75, 3.05) is 24.8 Å². The lowest BCUT2D eigenvalue weighted by molar-refractivity contribution is 0.171. The number of aromatic nitrogens is 2. The molecule has 0 fully saturated rings. The second-order valence-corrected chi connectivity index (χ2v) is 4.73. The van der Waals surface area contributed by atoms with Crippen LogP contribution in [0.25, 0.3) is 0 Å². The quantitative estimate of drug-likeness (QED) is 0.866. The van der Waals surface area contributed by atoms with Gasteiger partial charge in [-0.05, 0) is 21.8 Å². The van der Waals surface area contributed by atoms with Gasteiger partial charge in [0.25, 0.3) is 0 Å². The van der Waals surface area contributed by atoms with Crippen molar-refractivity contribution in [2.24, 2.45) is 5.92 Å². The second-order valence-electron chi connectivity index (χ2n) is 3.87. The topological polar surface area (TPSA) is 73.1 Å². The van der Waals surface area contributed by atoms with Gasteiger partial charge in [-0.2, -0.15) is 4.98 Å². The van der Waals surface area contributed by atoms with Gasteiger partial charge in [0.05, 0.1) is 17.1 Å². The molecule has 0 aromatic carbocycles. The SMILES string of the molecule is COCC(Nc1nc(N)ncc1Br)C(C)C. The van der Waals surface area contributed by atoms with Crippen molar-refractivity contribution in [1.82, 2.24) is 9.97 Å². The molecule has 0 radical (unpaired) electrons. The van der Waals surface area contributed by atoms with Crippen molar-refractivity contribution in [2.45, 2.75) is 19.9 Å². The zero-order valence-corrected chi connectivity index (χ0v) is 11.3. The van der Waals surface area contributed by atoms with Crippen molar-refractivity contribution >= 4 is 27.7 Å². The zero-order chi connectivity index (χ0) is 12.1. The van der Waals surface area contributed by atoms with E-state index in [0.29, 0.717) is 18.3 Å². The van der Waals surface area contributed by atoms with Gasteiger partial charge in [-0.25, -0.2) is 4.98 Å². The number of halogens is 1. The van der Waals surface area contributed by atoms with Gasteiger partial charge in [-0.1, -0.05) is 13.8 Å². The second kappa shape index (κ2) is 6.00. The first-order chi connectivity index (χ1) is 7.54. The van der Waals surface area contributed by atoms with Crippen LogP contribution in [0.1, 0.15) is 13.8 Å². The summed E-state index contributed by atoms with van der Waals surface area (Å²) in [5, 5.41) is 3.29. The fourth-order valence-corrected chi connectivity index (χ4v) is 1.54. The molecule has 6 heteroatoms. The molecule has 1 unspecified atom stereocenters. The van der Waals surface area contributed by atoms with E-state index in [1.165, 1.54) is 0 Å². The highest BCUT2D eigenvalue weighted by atomic mass is 79.9. The van der Waals surface area contributed by atoms with Gasteiger partial charge in [-0.15, -0.1) is 0 Å². The van der Waals surface area contributed by atoms with E-state index < -0.39 is 0 Å². The Bertz CT molecular complexity index is 346. The summed E-state index contributed by atoms with van der Waals surface area (Å²) < 4.78 is 5.95. The Morgan fingerprint density at radius 1 is 1.56 bits per heavy atom. The molecule has 0 aliphatic carbocycles. The molecular weight excluding hydrogens is 272 g/mol. The molecule has 1 heterocycles. The third kappa shape index (κ3) is 3.61. The molecular formula is C10H17BrN4O. The summed E-state index contributed by atoms with van der Waals surface area (Å²) in [5.74, 6) is 1.39. The number of nitrogens with two attached hydrogens (primary N) is 1. The average molecular weight is 289 g/mol. The van der Waals surface area contributed by atoms with Crippen molar-refractivity contribution in [3.05, 3.63) is 10.7 Å². The summed E-state index contributed by atoms with van der Waals surface area (Å²) in [6, 6.07) is 0.190. The molecule has 1 aromatic heterocycles. The van der Waals surface area contributed by atoms with E-state index in [0.717, 1.165) is 4.47 Å². The van der Waals surface area contributed by atoms with Gasteiger partial charge < -0.3 is 15.8 Å². The van der Waals surface area contributed by atoms with Crippen molar-refractivity contribution in [3.8, 4) is 0 Å². The van der Waals surface area contributed by atoms with Crippen molar-refractivity contribution in [1.29, 1.82) is 0 Å². The first-order valence-electron chi connectivity index (χ1n) is 5.08. The van der Waals surface area contributed by atoms with Crippen LogP contribution in [-0.2, 0) is 4.74 Å². The van der Waals surface area contributed by atoms with Crippen LogP contribution < -0.4 is 11.1 Å². The van der Waals surface area contributed by atoms with Crippen LogP contribution >= 0.6 is 15.9 Å². The van der Waals surface area contributed by atoms with Gasteiger partial charge >= 0.3 is 0 Å². The van der Waals surface area contributed by atoms with Crippen LogP contribution in [0.3, 0.4) is 0 Å². The number of ether oxygens (including phenoxy) is 1. The van der Waals surface area contributed by atoms with E-state index in [9.17, 15) is 0 Å². The van der Waals surface area contributed by atoms with E-state index in [-0.39, 0.29) is 12.0 Å².